The summed E-state index contributed by atoms with van der Waals surface area (Å²) in [7, 11) is 0. The Bertz CT molecular complexity index is 469. The summed E-state index contributed by atoms with van der Waals surface area (Å²) in [4.78, 5) is 4.05. The largest absolute Gasteiger partial charge is 0.225 e. The molecule has 0 saturated heterocycles. The molecule has 0 radical (unpaired) electrons. The molecule has 0 amide bonds. The molecule has 0 aliphatic carbocycles. The maximum atomic E-state index is 8.60. The van der Waals surface area contributed by atoms with Crippen LogP contribution < -0.4 is 0 Å². The van der Waals surface area contributed by atoms with Crippen molar-refractivity contribution in [3.63, 3.8) is 0 Å². The van der Waals surface area contributed by atoms with E-state index in [1.54, 1.807) is 12.1 Å². The Labute approximate surface area is 78.0 Å². The first-order chi connectivity index (χ1) is 5.79. The van der Waals surface area contributed by atoms with Crippen molar-refractivity contribution in [1.29, 1.82) is 5.26 Å². The maximum absolute atomic E-state index is 8.60. The molecule has 2 rings (SSSR count). The predicted octanol–water partition coefficient (Wildman–Crippen LogP) is 2.82. The summed E-state index contributed by atoms with van der Waals surface area (Å²) >= 11 is 7.12. The highest BCUT2D eigenvalue weighted by atomic mass is 35.5. The molecule has 2 aromatic rings. The Hall–Kier alpha value is -1.11. The van der Waals surface area contributed by atoms with Crippen LogP contribution in [0.15, 0.2) is 18.2 Å². The molecule has 1 aromatic carbocycles. The summed E-state index contributed by atoms with van der Waals surface area (Å²) in [6, 6.07) is 7.40. The first kappa shape index (κ1) is 7.53. The van der Waals surface area contributed by atoms with Crippen molar-refractivity contribution >= 4 is 33.2 Å². The van der Waals surface area contributed by atoms with Crippen LogP contribution in [0.5, 0.6) is 0 Å². The molecule has 58 valence electrons. The van der Waals surface area contributed by atoms with Crippen molar-refractivity contribution in [3.05, 3.63) is 28.2 Å². The molecule has 2 nitrogen and oxygen atoms in total. The van der Waals surface area contributed by atoms with E-state index in [0.717, 1.165) is 10.2 Å². The maximum Gasteiger partial charge on any atom is 0.184 e. The minimum atomic E-state index is 0.514. The molecule has 0 aliphatic heterocycles. The van der Waals surface area contributed by atoms with E-state index in [1.165, 1.54) is 11.3 Å². The summed E-state index contributed by atoms with van der Waals surface area (Å²) < 4.78 is 1.53. The highest BCUT2D eigenvalue weighted by molar-refractivity contribution is 7.22. The van der Waals surface area contributed by atoms with Crippen molar-refractivity contribution in [2.24, 2.45) is 0 Å². The van der Waals surface area contributed by atoms with E-state index < -0.39 is 0 Å². The Morgan fingerprint density at radius 2 is 2.33 bits per heavy atom. The van der Waals surface area contributed by atoms with Crippen molar-refractivity contribution in [3.8, 4) is 6.07 Å². The highest BCUT2D eigenvalue weighted by Gasteiger charge is 2.01. The molecule has 0 bridgehead atoms. The van der Waals surface area contributed by atoms with E-state index in [9.17, 15) is 0 Å². The number of nitrogens with zero attached hydrogens (tertiary/aromatic N) is 2. The fraction of sp³-hybridized carbons (Fsp3) is 0. The van der Waals surface area contributed by atoms with Crippen molar-refractivity contribution in [2.45, 2.75) is 0 Å². The van der Waals surface area contributed by atoms with Gasteiger partial charge in [0.1, 0.15) is 0 Å². The molecular weight excluding hydrogens is 192 g/mol. The SMILES string of the molecule is N#Cc1ccc2sc(Cl)nc2c1. The fourth-order valence-electron chi connectivity index (χ4n) is 0.969. The van der Waals surface area contributed by atoms with Gasteiger partial charge in [0.15, 0.2) is 4.47 Å². The smallest absolute Gasteiger partial charge is 0.184 e. The zero-order chi connectivity index (χ0) is 8.55. The van der Waals surface area contributed by atoms with Crippen molar-refractivity contribution < 1.29 is 0 Å². The van der Waals surface area contributed by atoms with Crippen LogP contribution in [-0.4, -0.2) is 4.98 Å². The van der Waals surface area contributed by atoms with E-state index >= 15 is 0 Å². The van der Waals surface area contributed by atoms with E-state index in [1.807, 2.05) is 12.1 Å². The summed E-state index contributed by atoms with van der Waals surface area (Å²) in [6.45, 7) is 0. The van der Waals surface area contributed by atoms with Gasteiger partial charge in [0.2, 0.25) is 0 Å². The minimum absolute atomic E-state index is 0.514. The van der Waals surface area contributed by atoms with E-state index in [4.69, 9.17) is 16.9 Å². The molecule has 12 heavy (non-hydrogen) atoms. The number of hydrogen-bond acceptors (Lipinski definition) is 3. The monoisotopic (exact) mass is 194 g/mol. The van der Waals surface area contributed by atoms with Crippen molar-refractivity contribution in [1.82, 2.24) is 4.98 Å². The van der Waals surface area contributed by atoms with Crippen LogP contribution in [0.3, 0.4) is 0 Å². The van der Waals surface area contributed by atoms with Crippen LogP contribution in [0.25, 0.3) is 10.2 Å². The van der Waals surface area contributed by atoms with Crippen molar-refractivity contribution in [2.75, 3.05) is 0 Å². The number of thiazole rings is 1. The van der Waals surface area contributed by atoms with E-state index in [2.05, 4.69) is 4.98 Å². The number of hydrogen-bond donors (Lipinski definition) is 0. The lowest BCUT2D eigenvalue weighted by Gasteiger charge is -1.86. The summed E-state index contributed by atoms with van der Waals surface area (Å²) in [5, 5.41) is 8.60. The predicted molar refractivity (Wildman–Crippen MR) is 49.3 cm³/mol. The van der Waals surface area contributed by atoms with Gasteiger partial charge in [-0.05, 0) is 18.2 Å². The molecule has 0 fully saturated rings. The Balaban J connectivity index is 2.77. The Kier molecular flexibility index (Phi) is 1.72. The van der Waals surface area contributed by atoms with Gasteiger partial charge in [-0.15, -0.1) is 11.3 Å². The molecular formula is C8H3ClN2S. The van der Waals surface area contributed by atoms with Crippen LogP contribution in [-0.2, 0) is 0 Å². The second-order valence-electron chi connectivity index (χ2n) is 2.26. The Morgan fingerprint density at radius 1 is 1.50 bits per heavy atom. The Morgan fingerprint density at radius 3 is 3.08 bits per heavy atom. The zero-order valence-corrected chi connectivity index (χ0v) is 7.49. The first-order valence-electron chi connectivity index (χ1n) is 3.26. The van der Waals surface area contributed by atoms with Crippen LogP contribution in [0.2, 0.25) is 4.47 Å². The molecule has 0 unspecified atom stereocenters. The van der Waals surface area contributed by atoms with Gasteiger partial charge in [-0.25, -0.2) is 4.98 Å². The van der Waals surface area contributed by atoms with Gasteiger partial charge in [0.25, 0.3) is 0 Å². The topological polar surface area (TPSA) is 36.7 Å². The standard InChI is InChI=1S/C8H3ClN2S/c9-8-11-6-3-5(4-10)1-2-7(6)12-8/h1-3H. The normalized spacial score (nSPS) is 10.0. The molecule has 0 aliphatic rings. The van der Waals surface area contributed by atoms with Gasteiger partial charge in [-0.1, -0.05) is 11.6 Å². The highest BCUT2D eigenvalue weighted by Crippen LogP contribution is 2.25. The number of halogens is 1. The number of fused-ring (bicyclic) bond motifs is 1. The summed E-state index contributed by atoms with van der Waals surface area (Å²) in [5.41, 5.74) is 1.41. The van der Waals surface area contributed by atoms with E-state index in [-0.39, 0.29) is 0 Å². The number of benzene rings is 1. The molecule has 1 aromatic heterocycles. The van der Waals surface area contributed by atoms with Gasteiger partial charge in [-0.2, -0.15) is 5.26 Å². The summed E-state index contributed by atoms with van der Waals surface area (Å²) in [6.07, 6.45) is 0. The third-order valence-corrected chi connectivity index (χ3v) is 2.63. The van der Waals surface area contributed by atoms with Crippen LogP contribution in [0.4, 0.5) is 0 Å². The second-order valence-corrected chi connectivity index (χ2v) is 3.87. The van der Waals surface area contributed by atoms with Crippen LogP contribution in [0.1, 0.15) is 5.56 Å². The van der Waals surface area contributed by atoms with Gasteiger partial charge < -0.3 is 0 Å². The average molecular weight is 195 g/mol. The van der Waals surface area contributed by atoms with Gasteiger partial charge in [-0.3, -0.25) is 0 Å². The molecule has 1 heterocycles. The number of aromatic nitrogens is 1. The lowest BCUT2D eigenvalue weighted by Crippen LogP contribution is -1.72. The molecule has 0 spiro atoms. The quantitative estimate of drug-likeness (QED) is 0.647. The van der Waals surface area contributed by atoms with Gasteiger partial charge in [0, 0.05) is 0 Å². The minimum Gasteiger partial charge on any atom is -0.225 e. The van der Waals surface area contributed by atoms with E-state index in [0.29, 0.717) is 10.0 Å². The van der Waals surface area contributed by atoms with Gasteiger partial charge in [0.05, 0.1) is 21.8 Å². The second kappa shape index (κ2) is 2.74. The van der Waals surface area contributed by atoms with Crippen LogP contribution >= 0.6 is 22.9 Å². The molecule has 4 heteroatoms. The third-order valence-electron chi connectivity index (χ3n) is 1.49. The molecule has 0 atom stereocenters. The molecule has 0 N–H and O–H groups in total. The number of nitriles is 1. The number of rotatable bonds is 0. The van der Waals surface area contributed by atoms with Gasteiger partial charge >= 0.3 is 0 Å². The lowest BCUT2D eigenvalue weighted by atomic mass is 10.2. The summed E-state index contributed by atoms with van der Waals surface area (Å²) in [5.74, 6) is 0. The first-order valence-corrected chi connectivity index (χ1v) is 4.45. The fourth-order valence-corrected chi connectivity index (χ4v) is 1.98. The lowest BCUT2D eigenvalue weighted by molar-refractivity contribution is 1.46. The zero-order valence-electron chi connectivity index (χ0n) is 5.91. The molecule has 0 saturated carbocycles. The average Bonchev–Trinajstić information content (AvgIpc) is 2.43. The third kappa shape index (κ3) is 1.15. The van der Waals surface area contributed by atoms with Crippen LogP contribution in [0, 0.1) is 11.3 Å².